The molecule has 0 aliphatic heterocycles. The molecule has 0 unspecified atom stereocenters. The van der Waals surface area contributed by atoms with Crippen LogP contribution in [0.1, 0.15) is 6.42 Å². The Morgan fingerprint density at radius 3 is 2.32 bits per heavy atom. The van der Waals surface area contributed by atoms with E-state index in [-0.39, 0.29) is 18.5 Å². The predicted molar refractivity (Wildman–Crippen MR) is 70.9 cm³/mol. The molecule has 0 aromatic carbocycles. The summed E-state index contributed by atoms with van der Waals surface area (Å²) in [5.41, 5.74) is -0.0888. The summed E-state index contributed by atoms with van der Waals surface area (Å²) >= 11 is 0. The van der Waals surface area contributed by atoms with Crippen molar-refractivity contribution in [3.8, 4) is 6.07 Å². The number of nitrogens with zero attached hydrogens (tertiary/aromatic N) is 2. The largest absolute Gasteiger partial charge is 0.481 e. The van der Waals surface area contributed by atoms with Crippen molar-refractivity contribution in [2.45, 2.75) is 6.42 Å². The van der Waals surface area contributed by atoms with Gasteiger partial charge in [0.25, 0.3) is 5.91 Å². The maximum absolute atomic E-state index is 11.6. The SMILES string of the molecule is C=CCN(/C=C(/C#N)C(=O)NCCC(=O)O)CC=C. The fourth-order valence-electron chi connectivity index (χ4n) is 1.21. The number of hydrogen-bond acceptors (Lipinski definition) is 4. The molecule has 19 heavy (non-hydrogen) atoms. The summed E-state index contributed by atoms with van der Waals surface area (Å²) in [5.74, 6) is -1.61. The fourth-order valence-corrected chi connectivity index (χ4v) is 1.21. The number of carbonyl (C=O) groups excluding carboxylic acids is 1. The zero-order chi connectivity index (χ0) is 14.7. The van der Waals surface area contributed by atoms with Crippen molar-refractivity contribution in [1.29, 1.82) is 5.26 Å². The van der Waals surface area contributed by atoms with E-state index in [4.69, 9.17) is 10.4 Å². The molecule has 0 aromatic rings. The van der Waals surface area contributed by atoms with Crippen LogP contribution in [0.25, 0.3) is 0 Å². The van der Waals surface area contributed by atoms with E-state index in [1.54, 1.807) is 23.1 Å². The molecule has 0 spiro atoms. The Labute approximate surface area is 112 Å². The van der Waals surface area contributed by atoms with Gasteiger partial charge in [-0.05, 0) is 0 Å². The summed E-state index contributed by atoms with van der Waals surface area (Å²) in [6.07, 6.45) is 4.49. The highest BCUT2D eigenvalue weighted by Crippen LogP contribution is 1.99. The van der Waals surface area contributed by atoms with E-state index in [0.29, 0.717) is 13.1 Å². The van der Waals surface area contributed by atoms with Gasteiger partial charge in [0.05, 0.1) is 6.42 Å². The number of carboxylic acid groups (broad SMARTS) is 1. The summed E-state index contributed by atoms with van der Waals surface area (Å²) in [6.45, 7) is 8.08. The molecule has 0 aliphatic carbocycles. The predicted octanol–water partition coefficient (Wildman–Crippen LogP) is 0.659. The first kappa shape index (κ1) is 16.4. The third-order valence-corrected chi connectivity index (χ3v) is 2.03. The van der Waals surface area contributed by atoms with Crippen LogP contribution in [0, 0.1) is 11.3 Å². The monoisotopic (exact) mass is 263 g/mol. The second-order valence-electron chi connectivity index (χ2n) is 3.59. The van der Waals surface area contributed by atoms with Crippen LogP contribution in [0.2, 0.25) is 0 Å². The normalized spacial score (nSPS) is 10.2. The van der Waals surface area contributed by atoms with Crippen LogP contribution in [0.15, 0.2) is 37.1 Å². The maximum atomic E-state index is 11.6. The van der Waals surface area contributed by atoms with Gasteiger partial charge in [0.15, 0.2) is 0 Å². The van der Waals surface area contributed by atoms with E-state index in [0.717, 1.165) is 0 Å². The van der Waals surface area contributed by atoms with Crippen LogP contribution in [0.3, 0.4) is 0 Å². The molecule has 6 heteroatoms. The first-order valence-corrected chi connectivity index (χ1v) is 5.62. The van der Waals surface area contributed by atoms with Gasteiger partial charge in [-0.2, -0.15) is 5.26 Å². The van der Waals surface area contributed by atoms with Gasteiger partial charge in [0.2, 0.25) is 0 Å². The second-order valence-corrected chi connectivity index (χ2v) is 3.59. The standard InChI is InChI=1S/C13H17N3O3/c1-3-7-16(8-4-2)10-11(9-14)13(19)15-6-5-12(17)18/h3-4,10H,1-2,5-8H2,(H,15,19)(H,17,18)/b11-10-. The van der Waals surface area contributed by atoms with Crippen LogP contribution in [-0.4, -0.2) is 41.5 Å². The van der Waals surface area contributed by atoms with E-state index in [1.165, 1.54) is 6.20 Å². The third kappa shape index (κ3) is 7.39. The van der Waals surface area contributed by atoms with E-state index >= 15 is 0 Å². The molecule has 1 amide bonds. The van der Waals surface area contributed by atoms with Crippen molar-refractivity contribution < 1.29 is 14.7 Å². The molecule has 6 nitrogen and oxygen atoms in total. The van der Waals surface area contributed by atoms with Crippen molar-refractivity contribution in [1.82, 2.24) is 10.2 Å². The van der Waals surface area contributed by atoms with Gasteiger partial charge in [-0.1, -0.05) is 12.2 Å². The molecule has 0 fully saturated rings. The molecule has 0 aromatic heterocycles. The Morgan fingerprint density at radius 2 is 1.89 bits per heavy atom. The highest BCUT2D eigenvalue weighted by atomic mass is 16.4. The summed E-state index contributed by atoms with van der Waals surface area (Å²) in [7, 11) is 0. The lowest BCUT2D eigenvalue weighted by Crippen LogP contribution is -2.28. The molecule has 102 valence electrons. The van der Waals surface area contributed by atoms with Gasteiger partial charge < -0.3 is 15.3 Å². The molecule has 0 saturated carbocycles. The lowest BCUT2D eigenvalue weighted by atomic mass is 10.2. The van der Waals surface area contributed by atoms with Crippen molar-refractivity contribution in [3.63, 3.8) is 0 Å². The molecular formula is C13H17N3O3. The summed E-state index contributed by atoms with van der Waals surface area (Å²) in [6, 6.07) is 1.78. The van der Waals surface area contributed by atoms with Gasteiger partial charge >= 0.3 is 5.97 Å². The van der Waals surface area contributed by atoms with Crippen molar-refractivity contribution in [3.05, 3.63) is 37.1 Å². The minimum Gasteiger partial charge on any atom is -0.481 e. The Bertz CT molecular complexity index is 411. The molecule has 2 N–H and O–H groups in total. The van der Waals surface area contributed by atoms with Gasteiger partial charge in [-0.15, -0.1) is 13.2 Å². The van der Waals surface area contributed by atoms with Crippen molar-refractivity contribution in [2.75, 3.05) is 19.6 Å². The van der Waals surface area contributed by atoms with Crippen LogP contribution < -0.4 is 5.32 Å². The van der Waals surface area contributed by atoms with E-state index in [2.05, 4.69) is 18.5 Å². The number of nitrogens with one attached hydrogen (secondary N) is 1. The zero-order valence-electron chi connectivity index (χ0n) is 10.6. The Balaban J connectivity index is 4.63. The third-order valence-electron chi connectivity index (χ3n) is 2.03. The first-order chi connectivity index (χ1) is 9.04. The molecule has 0 bridgehead atoms. The zero-order valence-corrected chi connectivity index (χ0v) is 10.6. The van der Waals surface area contributed by atoms with Crippen LogP contribution in [0.5, 0.6) is 0 Å². The minimum atomic E-state index is -1.01. The van der Waals surface area contributed by atoms with Gasteiger partial charge in [-0.3, -0.25) is 9.59 Å². The van der Waals surface area contributed by atoms with Gasteiger partial charge in [0, 0.05) is 25.8 Å². The topological polar surface area (TPSA) is 93.4 Å². The number of carbonyl (C=O) groups is 2. The van der Waals surface area contributed by atoms with Crippen LogP contribution >= 0.6 is 0 Å². The summed E-state index contributed by atoms with van der Waals surface area (Å²) in [5, 5.41) is 19.7. The van der Waals surface area contributed by atoms with Crippen LogP contribution in [-0.2, 0) is 9.59 Å². The van der Waals surface area contributed by atoms with Gasteiger partial charge in [-0.25, -0.2) is 0 Å². The first-order valence-electron chi connectivity index (χ1n) is 5.62. The number of aliphatic carboxylic acids is 1. The highest BCUT2D eigenvalue weighted by molar-refractivity contribution is 5.97. The van der Waals surface area contributed by atoms with Crippen molar-refractivity contribution in [2.24, 2.45) is 0 Å². The van der Waals surface area contributed by atoms with E-state index in [9.17, 15) is 9.59 Å². The lowest BCUT2D eigenvalue weighted by molar-refractivity contribution is -0.136. The molecule has 0 heterocycles. The summed E-state index contributed by atoms with van der Waals surface area (Å²) < 4.78 is 0. The Hall–Kier alpha value is -2.55. The summed E-state index contributed by atoms with van der Waals surface area (Å²) in [4.78, 5) is 23.6. The minimum absolute atomic E-state index is 0.0178. The van der Waals surface area contributed by atoms with E-state index in [1.807, 2.05) is 0 Å². The average molecular weight is 263 g/mol. The van der Waals surface area contributed by atoms with Gasteiger partial charge in [0.1, 0.15) is 11.6 Å². The van der Waals surface area contributed by atoms with E-state index < -0.39 is 11.9 Å². The lowest BCUT2D eigenvalue weighted by Gasteiger charge is -2.16. The molecule has 0 radical (unpaired) electrons. The highest BCUT2D eigenvalue weighted by Gasteiger charge is 2.10. The quantitative estimate of drug-likeness (QED) is 0.362. The smallest absolute Gasteiger partial charge is 0.305 e. The van der Waals surface area contributed by atoms with Crippen molar-refractivity contribution >= 4 is 11.9 Å². The number of nitriles is 1. The average Bonchev–Trinajstić information content (AvgIpc) is 2.35. The molecular weight excluding hydrogens is 246 g/mol. The fraction of sp³-hybridized carbons (Fsp3) is 0.308. The molecule has 0 rings (SSSR count). The second kappa shape index (κ2) is 9.48. The molecule has 0 saturated heterocycles. The number of amides is 1. The number of hydrogen-bond donors (Lipinski definition) is 2. The Morgan fingerprint density at radius 1 is 1.32 bits per heavy atom. The molecule has 0 aliphatic rings. The van der Waals surface area contributed by atoms with Crippen LogP contribution in [0.4, 0.5) is 0 Å². The number of rotatable bonds is 9. The maximum Gasteiger partial charge on any atom is 0.305 e. The number of carboxylic acids is 1. The molecule has 0 atom stereocenters. The Kier molecular flexibility index (Phi) is 8.21.